The van der Waals surface area contributed by atoms with E-state index in [-0.39, 0.29) is 11.9 Å². The minimum atomic E-state index is 0.217. The van der Waals surface area contributed by atoms with E-state index < -0.39 is 0 Å². The third kappa shape index (κ3) is 3.60. The van der Waals surface area contributed by atoms with Crippen molar-refractivity contribution in [2.75, 3.05) is 11.4 Å². The molecule has 2 aromatic heterocycles. The van der Waals surface area contributed by atoms with Gasteiger partial charge in [0.15, 0.2) is 0 Å². The summed E-state index contributed by atoms with van der Waals surface area (Å²) in [5, 5.41) is 11.7. The third-order valence-electron chi connectivity index (χ3n) is 3.19. The van der Waals surface area contributed by atoms with Crippen LogP contribution in [-0.4, -0.2) is 33.6 Å². The van der Waals surface area contributed by atoms with Crippen molar-refractivity contribution in [1.29, 1.82) is 0 Å². The summed E-state index contributed by atoms with van der Waals surface area (Å²) in [4.78, 5) is 11.0. The lowest BCUT2D eigenvalue weighted by atomic mass is 10.2. The van der Waals surface area contributed by atoms with Gasteiger partial charge < -0.3 is 15.8 Å². The van der Waals surface area contributed by atoms with Crippen molar-refractivity contribution >= 4 is 38.5 Å². The van der Waals surface area contributed by atoms with E-state index in [9.17, 15) is 0 Å². The summed E-state index contributed by atoms with van der Waals surface area (Å²) >= 11 is 3.41. The first-order valence-corrected chi connectivity index (χ1v) is 7.45. The van der Waals surface area contributed by atoms with Gasteiger partial charge in [-0.3, -0.25) is 9.97 Å². The largest absolute Gasteiger partial charge is 0.409 e. The number of oxime groups is 1. The van der Waals surface area contributed by atoms with Crippen LogP contribution >= 0.6 is 15.9 Å². The standard InChI is InChI=1S/C14H18BrN5O/c1-9(2)20(6-4-13(16)19-21)12-3-5-17-11-7-10(15)8-18-14(11)12/h3,5,7-9,21H,4,6H2,1-2H3,(H2,16,19). The number of hydrogen-bond acceptors (Lipinski definition) is 5. The Kier molecular flexibility index (Phi) is 4.95. The van der Waals surface area contributed by atoms with E-state index in [0.29, 0.717) is 13.0 Å². The Morgan fingerprint density at radius 1 is 1.48 bits per heavy atom. The van der Waals surface area contributed by atoms with Crippen molar-refractivity contribution in [3.63, 3.8) is 0 Å². The molecule has 21 heavy (non-hydrogen) atoms. The molecule has 0 amide bonds. The second-order valence-corrected chi connectivity index (χ2v) is 5.90. The molecule has 0 atom stereocenters. The van der Waals surface area contributed by atoms with Gasteiger partial charge in [-0.25, -0.2) is 0 Å². The number of aromatic nitrogens is 2. The summed E-state index contributed by atoms with van der Waals surface area (Å²) in [6, 6.07) is 4.14. The van der Waals surface area contributed by atoms with Crippen molar-refractivity contribution in [2.45, 2.75) is 26.3 Å². The molecule has 0 aliphatic carbocycles. The first-order chi connectivity index (χ1) is 10.0. The van der Waals surface area contributed by atoms with E-state index in [1.807, 2.05) is 12.1 Å². The predicted molar refractivity (Wildman–Crippen MR) is 87.7 cm³/mol. The number of halogens is 1. The fraction of sp³-hybridized carbons (Fsp3) is 0.357. The molecule has 0 aliphatic rings. The van der Waals surface area contributed by atoms with Gasteiger partial charge in [0.05, 0.1) is 11.2 Å². The minimum Gasteiger partial charge on any atom is -0.409 e. The van der Waals surface area contributed by atoms with Crippen LogP contribution in [0.4, 0.5) is 5.69 Å². The molecule has 2 rings (SSSR count). The molecule has 2 aromatic rings. The van der Waals surface area contributed by atoms with Crippen LogP contribution in [0, 0.1) is 0 Å². The summed E-state index contributed by atoms with van der Waals surface area (Å²) in [5.74, 6) is 0.217. The van der Waals surface area contributed by atoms with E-state index in [4.69, 9.17) is 10.9 Å². The number of hydrogen-bond donors (Lipinski definition) is 2. The molecule has 0 aliphatic heterocycles. The number of pyridine rings is 2. The summed E-state index contributed by atoms with van der Waals surface area (Å²) in [7, 11) is 0. The van der Waals surface area contributed by atoms with Gasteiger partial charge in [0, 0.05) is 35.9 Å². The third-order valence-corrected chi connectivity index (χ3v) is 3.63. The first kappa shape index (κ1) is 15.5. The number of anilines is 1. The molecule has 0 bridgehead atoms. The van der Waals surface area contributed by atoms with Crippen LogP contribution in [0.15, 0.2) is 34.2 Å². The lowest BCUT2D eigenvalue weighted by molar-refractivity contribution is 0.317. The maximum absolute atomic E-state index is 8.68. The van der Waals surface area contributed by atoms with Gasteiger partial charge in [0.2, 0.25) is 0 Å². The van der Waals surface area contributed by atoms with Gasteiger partial charge in [-0.2, -0.15) is 0 Å². The Morgan fingerprint density at radius 2 is 2.24 bits per heavy atom. The highest BCUT2D eigenvalue weighted by Gasteiger charge is 2.15. The molecule has 0 radical (unpaired) electrons. The lowest BCUT2D eigenvalue weighted by Crippen LogP contribution is -2.34. The second-order valence-electron chi connectivity index (χ2n) is 4.98. The summed E-state index contributed by atoms with van der Waals surface area (Å²) < 4.78 is 0.896. The monoisotopic (exact) mass is 351 g/mol. The Bertz CT molecular complexity index is 659. The number of nitrogens with two attached hydrogens (primary N) is 1. The van der Waals surface area contributed by atoms with Crippen LogP contribution in [-0.2, 0) is 0 Å². The normalized spacial score (nSPS) is 12.1. The molecular formula is C14H18BrN5O. The Balaban J connectivity index is 2.40. The van der Waals surface area contributed by atoms with Crippen LogP contribution in [0.5, 0.6) is 0 Å². The zero-order chi connectivity index (χ0) is 15.4. The number of nitrogens with zero attached hydrogens (tertiary/aromatic N) is 4. The SMILES string of the molecule is CC(C)N(CC/C(N)=N/O)c1ccnc2cc(Br)cnc12. The summed E-state index contributed by atoms with van der Waals surface area (Å²) in [5.41, 5.74) is 8.24. The minimum absolute atomic E-state index is 0.217. The molecule has 0 saturated heterocycles. The molecule has 2 heterocycles. The molecule has 6 nitrogen and oxygen atoms in total. The predicted octanol–water partition coefficient (Wildman–Crippen LogP) is 2.74. The molecular weight excluding hydrogens is 334 g/mol. The second kappa shape index (κ2) is 6.71. The molecule has 112 valence electrons. The van der Waals surface area contributed by atoms with Crippen molar-refractivity contribution < 1.29 is 5.21 Å². The topological polar surface area (TPSA) is 87.6 Å². The Hall–Kier alpha value is -1.89. The van der Waals surface area contributed by atoms with Crippen LogP contribution in [0.3, 0.4) is 0 Å². The maximum atomic E-state index is 8.68. The van der Waals surface area contributed by atoms with Crippen molar-refractivity contribution in [3.05, 3.63) is 29.0 Å². The zero-order valence-electron chi connectivity index (χ0n) is 12.0. The fourth-order valence-corrected chi connectivity index (χ4v) is 2.48. The van der Waals surface area contributed by atoms with E-state index >= 15 is 0 Å². The van der Waals surface area contributed by atoms with Gasteiger partial charge in [-0.15, -0.1) is 0 Å². The lowest BCUT2D eigenvalue weighted by Gasteiger charge is -2.29. The highest BCUT2D eigenvalue weighted by atomic mass is 79.9. The van der Waals surface area contributed by atoms with Gasteiger partial charge >= 0.3 is 0 Å². The van der Waals surface area contributed by atoms with E-state index in [1.165, 1.54) is 0 Å². The van der Waals surface area contributed by atoms with Gasteiger partial charge in [0.1, 0.15) is 11.4 Å². The highest BCUT2D eigenvalue weighted by Crippen LogP contribution is 2.26. The summed E-state index contributed by atoms with van der Waals surface area (Å²) in [6.07, 6.45) is 4.01. The molecule has 0 aromatic carbocycles. The number of rotatable bonds is 5. The molecule has 3 N–H and O–H groups in total. The van der Waals surface area contributed by atoms with Crippen LogP contribution in [0.2, 0.25) is 0 Å². The van der Waals surface area contributed by atoms with Crippen LogP contribution in [0.25, 0.3) is 11.0 Å². The van der Waals surface area contributed by atoms with Gasteiger partial charge in [-0.05, 0) is 41.9 Å². The molecule has 0 spiro atoms. The van der Waals surface area contributed by atoms with Gasteiger partial charge in [0.25, 0.3) is 0 Å². The maximum Gasteiger partial charge on any atom is 0.140 e. The van der Waals surface area contributed by atoms with Crippen molar-refractivity contribution in [2.24, 2.45) is 10.9 Å². The molecule has 0 saturated carbocycles. The first-order valence-electron chi connectivity index (χ1n) is 6.66. The Labute approximate surface area is 131 Å². The van der Waals surface area contributed by atoms with Crippen molar-refractivity contribution in [3.8, 4) is 0 Å². The number of fused-ring (bicyclic) bond motifs is 1. The highest BCUT2D eigenvalue weighted by molar-refractivity contribution is 9.10. The summed E-state index contributed by atoms with van der Waals surface area (Å²) in [6.45, 7) is 4.83. The van der Waals surface area contributed by atoms with Crippen LogP contribution in [0.1, 0.15) is 20.3 Å². The average Bonchev–Trinajstić information content (AvgIpc) is 2.46. The molecule has 0 fully saturated rings. The Morgan fingerprint density at radius 3 is 2.90 bits per heavy atom. The number of amidine groups is 1. The zero-order valence-corrected chi connectivity index (χ0v) is 13.6. The van der Waals surface area contributed by atoms with Crippen molar-refractivity contribution in [1.82, 2.24) is 9.97 Å². The van der Waals surface area contributed by atoms with Crippen LogP contribution < -0.4 is 10.6 Å². The molecule has 0 unspecified atom stereocenters. The molecule has 7 heteroatoms. The van der Waals surface area contributed by atoms with E-state index in [0.717, 1.165) is 21.2 Å². The van der Waals surface area contributed by atoms with Gasteiger partial charge in [-0.1, -0.05) is 5.16 Å². The van der Waals surface area contributed by atoms with E-state index in [1.54, 1.807) is 12.4 Å². The average molecular weight is 352 g/mol. The van der Waals surface area contributed by atoms with E-state index in [2.05, 4.69) is 49.8 Å². The fourth-order valence-electron chi connectivity index (χ4n) is 2.17. The smallest absolute Gasteiger partial charge is 0.140 e. The quantitative estimate of drug-likeness (QED) is 0.374.